The number of carbonyl (C=O) groups is 1. The largest absolute Gasteiger partial charge is 0.341 e. The molecule has 3 heterocycles. The predicted molar refractivity (Wildman–Crippen MR) is 105 cm³/mol. The number of carbonyl (C=O) groups excluding carboxylic acids is 1. The number of hydrogen-bond acceptors (Lipinski definition) is 3. The normalized spacial score (nSPS) is 13.4. The quantitative estimate of drug-likeness (QED) is 0.682. The second kappa shape index (κ2) is 7.46. The van der Waals surface area contributed by atoms with Crippen molar-refractivity contribution in [3.63, 3.8) is 0 Å². The van der Waals surface area contributed by atoms with Crippen molar-refractivity contribution in [1.29, 1.82) is 0 Å². The second-order valence-electron chi connectivity index (χ2n) is 6.78. The third-order valence-electron chi connectivity index (χ3n) is 4.98. The van der Waals surface area contributed by atoms with Gasteiger partial charge in [-0.3, -0.25) is 9.78 Å². The molecule has 0 unspecified atom stereocenters. The monoisotopic (exact) mass is 365 g/mol. The van der Waals surface area contributed by atoms with Crippen molar-refractivity contribution in [1.82, 2.24) is 14.5 Å². The van der Waals surface area contributed by atoms with Gasteiger partial charge in [0.25, 0.3) is 5.91 Å². The third-order valence-corrected chi connectivity index (χ3v) is 6.29. The zero-order chi connectivity index (χ0) is 17.9. The molecule has 134 valence electrons. The summed E-state index contributed by atoms with van der Waals surface area (Å²) in [5, 5.41) is 1.07. The van der Waals surface area contributed by atoms with Crippen LogP contribution in [0.1, 0.15) is 39.3 Å². The number of likely N-dealkylation sites (N-methyl/N-ethyl adjacent to an activating group) is 1. The van der Waals surface area contributed by atoms with Gasteiger partial charge < -0.3 is 9.47 Å². The summed E-state index contributed by atoms with van der Waals surface area (Å²) < 4.78 is 2.09. The average Bonchev–Trinajstić information content (AvgIpc) is 3.33. The third kappa shape index (κ3) is 3.31. The minimum Gasteiger partial charge on any atom is -0.341 e. The summed E-state index contributed by atoms with van der Waals surface area (Å²) in [6, 6.07) is 9.94. The molecule has 0 spiro atoms. The molecule has 1 aliphatic carbocycles. The molecular formula is C21H23N3OS. The highest BCUT2D eigenvalue weighted by molar-refractivity contribution is 7.15. The molecule has 5 heteroatoms. The summed E-state index contributed by atoms with van der Waals surface area (Å²) in [6.07, 6.45) is 11.1. The molecule has 0 atom stereocenters. The number of fused-ring (bicyclic) bond motifs is 1. The first-order valence-corrected chi connectivity index (χ1v) is 9.99. The summed E-state index contributed by atoms with van der Waals surface area (Å²) in [5.41, 5.74) is 3.20. The number of aromatic nitrogens is 2. The maximum atomic E-state index is 13.3. The molecule has 3 aromatic rings. The SMILES string of the molecule is CN(CCc1ccccn1)C(=O)c1c(-n2cccc2)sc2c1CCCC2. The van der Waals surface area contributed by atoms with Gasteiger partial charge in [0.2, 0.25) is 0 Å². The maximum Gasteiger partial charge on any atom is 0.256 e. The minimum absolute atomic E-state index is 0.129. The Morgan fingerprint density at radius 2 is 2.00 bits per heavy atom. The topological polar surface area (TPSA) is 38.1 Å². The van der Waals surface area contributed by atoms with Gasteiger partial charge in [0.05, 0.1) is 5.56 Å². The van der Waals surface area contributed by atoms with E-state index in [-0.39, 0.29) is 5.91 Å². The highest BCUT2D eigenvalue weighted by atomic mass is 32.1. The molecule has 3 aromatic heterocycles. The van der Waals surface area contributed by atoms with Crippen LogP contribution in [0.4, 0.5) is 0 Å². The lowest BCUT2D eigenvalue weighted by molar-refractivity contribution is 0.0795. The Morgan fingerprint density at radius 1 is 1.19 bits per heavy atom. The molecule has 4 rings (SSSR count). The molecule has 0 aromatic carbocycles. The van der Waals surface area contributed by atoms with E-state index in [2.05, 4.69) is 9.55 Å². The van der Waals surface area contributed by atoms with E-state index in [0.29, 0.717) is 6.54 Å². The van der Waals surface area contributed by atoms with Crippen LogP contribution in [0.5, 0.6) is 0 Å². The van der Waals surface area contributed by atoms with E-state index in [0.717, 1.165) is 35.5 Å². The van der Waals surface area contributed by atoms with Crippen molar-refractivity contribution in [3.8, 4) is 5.00 Å². The summed E-state index contributed by atoms with van der Waals surface area (Å²) in [4.78, 5) is 20.9. The zero-order valence-electron chi connectivity index (χ0n) is 15.0. The number of pyridine rings is 1. The van der Waals surface area contributed by atoms with Crippen LogP contribution < -0.4 is 0 Å². The van der Waals surface area contributed by atoms with Gasteiger partial charge in [-0.15, -0.1) is 11.3 Å². The Kier molecular flexibility index (Phi) is 4.89. The Balaban J connectivity index is 1.61. The molecule has 0 saturated heterocycles. The molecule has 0 N–H and O–H groups in total. The van der Waals surface area contributed by atoms with Crippen LogP contribution in [-0.4, -0.2) is 34.0 Å². The van der Waals surface area contributed by atoms with Gasteiger partial charge in [-0.1, -0.05) is 6.07 Å². The molecule has 26 heavy (non-hydrogen) atoms. The highest BCUT2D eigenvalue weighted by Gasteiger charge is 2.27. The summed E-state index contributed by atoms with van der Waals surface area (Å²) in [7, 11) is 1.90. The molecule has 0 radical (unpaired) electrons. The van der Waals surface area contributed by atoms with Crippen molar-refractivity contribution in [2.24, 2.45) is 0 Å². The van der Waals surface area contributed by atoms with Crippen LogP contribution in [0.25, 0.3) is 5.00 Å². The van der Waals surface area contributed by atoms with Crippen LogP contribution >= 0.6 is 11.3 Å². The van der Waals surface area contributed by atoms with Gasteiger partial charge in [-0.2, -0.15) is 0 Å². The number of rotatable bonds is 5. The van der Waals surface area contributed by atoms with Gasteiger partial charge in [0.15, 0.2) is 0 Å². The number of nitrogens with zero attached hydrogens (tertiary/aromatic N) is 3. The molecule has 1 aliphatic rings. The lowest BCUT2D eigenvalue weighted by Gasteiger charge is -2.20. The minimum atomic E-state index is 0.129. The molecule has 0 bridgehead atoms. The number of thiophene rings is 1. The van der Waals surface area contributed by atoms with E-state index < -0.39 is 0 Å². The van der Waals surface area contributed by atoms with E-state index in [9.17, 15) is 4.79 Å². The van der Waals surface area contributed by atoms with E-state index in [1.54, 1.807) is 17.5 Å². The van der Waals surface area contributed by atoms with E-state index in [1.807, 2.05) is 54.7 Å². The van der Waals surface area contributed by atoms with Crippen LogP contribution in [0, 0.1) is 0 Å². The van der Waals surface area contributed by atoms with E-state index in [4.69, 9.17) is 0 Å². The van der Waals surface area contributed by atoms with Crippen molar-refractivity contribution in [2.45, 2.75) is 32.1 Å². The second-order valence-corrected chi connectivity index (χ2v) is 7.86. The van der Waals surface area contributed by atoms with Crippen molar-refractivity contribution in [2.75, 3.05) is 13.6 Å². The Hall–Kier alpha value is -2.40. The molecule has 4 nitrogen and oxygen atoms in total. The molecule has 0 fully saturated rings. The van der Waals surface area contributed by atoms with Gasteiger partial charge in [0, 0.05) is 49.2 Å². The summed E-state index contributed by atoms with van der Waals surface area (Å²) in [5.74, 6) is 0.129. The lowest BCUT2D eigenvalue weighted by atomic mass is 9.95. The van der Waals surface area contributed by atoms with Crippen LogP contribution in [0.15, 0.2) is 48.9 Å². The van der Waals surface area contributed by atoms with Gasteiger partial charge in [0.1, 0.15) is 5.00 Å². The molecule has 1 amide bonds. The Labute approximate surface area is 158 Å². The first kappa shape index (κ1) is 17.0. The highest BCUT2D eigenvalue weighted by Crippen LogP contribution is 2.37. The smallest absolute Gasteiger partial charge is 0.256 e. The standard InChI is InChI=1S/C21H23N3OS/c1-23(15-11-16-8-4-5-12-22-16)20(25)19-17-9-2-3-10-18(17)26-21(19)24-13-6-7-14-24/h4-8,12-14H,2-3,9-11,15H2,1H3. The number of amides is 1. The fraction of sp³-hybridized carbons (Fsp3) is 0.333. The molecular weight excluding hydrogens is 342 g/mol. The summed E-state index contributed by atoms with van der Waals surface area (Å²) in [6.45, 7) is 0.672. The van der Waals surface area contributed by atoms with Gasteiger partial charge in [-0.05, 0) is 55.5 Å². The Bertz CT molecular complexity index is 884. The van der Waals surface area contributed by atoms with E-state index >= 15 is 0 Å². The fourth-order valence-corrected chi connectivity index (χ4v) is 4.89. The number of aryl methyl sites for hydroxylation is 1. The van der Waals surface area contributed by atoms with Gasteiger partial charge >= 0.3 is 0 Å². The zero-order valence-corrected chi connectivity index (χ0v) is 15.8. The van der Waals surface area contributed by atoms with E-state index in [1.165, 1.54) is 23.3 Å². The van der Waals surface area contributed by atoms with Crippen LogP contribution in [0.2, 0.25) is 0 Å². The van der Waals surface area contributed by atoms with Crippen molar-refractivity contribution in [3.05, 3.63) is 70.6 Å². The fourth-order valence-electron chi connectivity index (χ4n) is 3.54. The lowest BCUT2D eigenvalue weighted by Crippen LogP contribution is -2.30. The predicted octanol–water partition coefficient (Wildman–Crippen LogP) is 4.13. The first-order valence-electron chi connectivity index (χ1n) is 9.17. The number of hydrogen-bond donors (Lipinski definition) is 0. The molecule has 0 aliphatic heterocycles. The first-order chi connectivity index (χ1) is 12.7. The summed E-state index contributed by atoms with van der Waals surface area (Å²) >= 11 is 1.78. The molecule has 0 saturated carbocycles. The van der Waals surface area contributed by atoms with Crippen LogP contribution in [0.3, 0.4) is 0 Å². The van der Waals surface area contributed by atoms with Crippen molar-refractivity contribution >= 4 is 17.2 Å². The Morgan fingerprint density at radius 3 is 2.77 bits per heavy atom. The van der Waals surface area contributed by atoms with Crippen LogP contribution in [-0.2, 0) is 19.3 Å². The van der Waals surface area contributed by atoms with Gasteiger partial charge in [-0.25, -0.2) is 0 Å². The maximum absolute atomic E-state index is 13.3. The average molecular weight is 366 g/mol. The van der Waals surface area contributed by atoms with Crippen molar-refractivity contribution < 1.29 is 4.79 Å².